The third kappa shape index (κ3) is 7.96. The predicted octanol–water partition coefficient (Wildman–Crippen LogP) is 5.49. The molecule has 1 aliphatic heterocycles. The van der Waals surface area contributed by atoms with Crippen molar-refractivity contribution < 1.29 is 40.3 Å². The van der Waals surface area contributed by atoms with Crippen molar-refractivity contribution in [3.8, 4) is 0 Å². The van der Waals surface area contributed by atoms with Crippen LogP contribution in [0.5, 0.6) is 0 Å². The molecule has 232 valence electrons. The molecule has 1 aliphatic carbocycles. The van der Waals surface area contributed by atoms with E-state index >= 15 is 8.78 Å². The first-order valence-corrected chi connectivity index (χ1v) is 14.9. The van der Waals surface area contributed by atoms with E-state index in [0.717, 1.165) is 44.4 Å². The average Bonchev–Trinajstić information content (AvgIpc) is 3.50. The number of rotatable bonds is 7. The highest BCUT2D eigenvalue weighted by Crippen LogP contribution is 2.40. The van der Waals surface area contributed by atoms with Crippen LogP contribution in [0, 0.1) is 11.6 Å². The quantitative estimate of drug-likeness (QED) is 0.232. The van der Waals surface area contributed by atoms with E-state index in [1.54, 1.807) is 6.07 Å². The molecule has 0 amide bonds. The van der Waals surface area contributed by atoms with Gasteiger partial charge in [0.05, 0.1) is 11.3 Å². The number of aromatic nitrogens is 2. The van der Waals surface area contributed by atoms with Crippen molar-refractivity contribution in [1.29, 1.82) is 0 Å². The summed E-state index contributed by atoms with van der Waals surface area (Å²) in [5.41, 5.74) is -0.254. The molecule has 9 nitrogen and oxygen atoms in total. The smallest absolute Gasteiger partial charge is 0.416 e. The molecule has 1 saturated carbocycles. The van der Waals surface area contributed by atoms with E-state index in [1.165, 1.54) is 24.4 Å². The molecule has 15 heteroatoms. The van der Waals surface area contributed by atoms with Crippen LogP contribution in [-0.2, 0) is 21.0 Å². The Hall–Kier alpha value is -3.85. The van der Waals surface area contributed by atoms with Crippen molar-refractivity contribution in [3.63, 3.8) is 0 Å². The minimum Gasteiger partial charge on any atom is -0.483 e. The van der Waals surface area contributed by atoms with Crippen LogP contribution >= 0.6 is 0 Å². The third-order valence-electron chi connectivity index (χ3n) is 7.58. The summed E-state index contributed by atoms with van der Waals surface area (Å²) in [6.45, 7) is 1.36. The van der Waals surface area contributed by atoms with Crippen LogP contribution in [0.3, 0.4) is 0 Å². The summed E-state index contributed by atoms with van der Waals surface area (Å²) in [5.74, 6) is -2.29. The molecular formula is C28H30F5N5O4S. The number of hydrogen-bond acceptors (Lipinski definition) is 7. The average molecular weight is 628 g/mol. The van der Waals surface area contributed by atoms with Gasteiger partial charge in [-0.3, -0.25) is 14.4 Å². The Kier molecular flexibility index (Phi) is 10.2. The normalized spacial score (nSPS) is 21.0. The van der Waals surface area contributed by atoms with Crippen molar-refractivity contribution in [1.82, 2.24) is 14.9 Å². The lowest BCUT2D eigenvalue weighted by molar-refractivity contribution is -0.137. The fourth-order valence-corrected chi connectivity index (χ4v) is 6.73. The first-order valence-electron chi connectivity index (χ1n) is 13.5. The van der Waals surface area contributed by atoms with E-state index in [4.69, 9.17) is 9.90 Å². The van der Waals surface area contributed by atoms with Gasteiger partial charge in [0.15, 0.2) is 0 Å². The van der Waals surface area contributed by atoms with Gasteiger partial charge in [-0.05, 0) is 74.9 Å². The maximum absolute atomic E-state index is 15.2. The van der Waals surface area contributed by atoms with Crippen molar-refractivity contribution in [3.05, 3.63) is 77.8 Å². The second kappa shape index (κ2) is 13.6. The van der Waals surface area contributed by atoms with Crippen molar-refractivity contribution in [2.24, 2.45) is 0 Å². The number of benzene rings is 2. The van der Waals surface area contributed by atoms with E-state index in [9.17, 15) is 21.6 Å². The topological polar surface area (TPSA) is 125 Å². The minimum absolute atomic E-state index is 0.0944. The second-order valence-electron chi connectivity index (χ2n) is 10.3. The number of hydrogen-bond donors (Lipinski definition) is 3. The fraction of sp³-hybridized carbons (Fsp3) is 0.393. The molecule has 1 aromatic heterocycles. The molecule has 3 aromatic rings. The van der Waals surface area contributed by atoms with Crippen LogP contribution in [0.15, 0.2) is 59.9 Å². The fourth-order valence-electron chi connectivity index (χ4n) is 5.65. The Labute approximate surface area is 245 Å². The summed E-state index contributed by atoms with van der Waals surface area (Å²) in [6, 6.07) is 7.66. The number of halogens is 5. The Bertz CT molecular complexity index is 1510. The maximum Gasteiger partial charge on any atom is 0.416 e. The number of nitrogens with zero attached hydrogens (tertiary/aromatic N) is 3. The van der Waals surface area contributed by atoms with Gasteiger partial charge in [0.25, 0.3) is 16.5 Å². The molecule has 2 fully saturated rings. The molecule has 2 aliphatic rings. The number of anilines is 2. The van der Waals surface area contributed by atoms with Gasteiger partial charge in [0.2, 0.25) is 0 Å². The summed E-state index contributed by atoms with van der Waals surface area (Å²) in [7, 11) is -4.46. The molecule has 0 radical (unpaired) electrons. The summed E-state index contributed by atoms with van der Waals surface area (Å²) in [4.78, 5) is 17.2. The van der Waals surface area contributed by atoms with Gasteiger partial charge in [-0.1, -0.05) is 18.2 Å². The molecule has 2 aromatic carbocycles. The predicted molar refractivity (Wildman–Crippen MR) is 148 cm³/mol. The van der Waals surface area contributed by atoms with E-state index < -0.39 is 38.3 Å². The van der Waals surface area contributed by atoms with Crippen LogP contribution in [0.4, 0.5) is 33.5 Å². The molecule has 3 N–H and O–H groups in total. The van der Waals surface area contributed by atoms with Crippen LogP contribution in [0.25, 0.3) is 0 Å². The Balaban J connectivity index is 0.00000135. The van der Waals surface area contributed by atoms with Gasteiger partial charge >= 0.3 is 6.18 Å². The van der Waals surface area contributed by atoms with Gasteiger partial charge in [-0.15, -0.1) is 0 Å². The van der Waals surface area contributed by atoms with Crippen LogP contribution in [-0.4, -0.2) is 60.0 Å². The lowest BCUT2D eigenvalue weighted by Crippen LogP contribution is -2.49. The van der Waals surface area contributed by atoms with Gasteiger partial charge in [-0.25, -0.2) is 27.2 Å². The van der Waals surface area contributed by atoms with Gasteiger partial charge in [-0.2, -0.15) is 13.2 Å². The van der Waals surface area contributed by atoms with Gasteiger partial charge in [0.1, 0.15) is 28.7 Å². The molecule has 5 rings (SSSR count). The van der Waals surface area contributed by atoms with Crippen molar-refractivity contribution in [2.45, 2.75) is 61.2 Å². The zero-order chi connectivity index (χ0) is 31.2. The highest BCUT2D eigenvalue weighted by Gasteiger charge is 2.38. The van der Waals surface area contributed by atoms with Gasteiger partial charge < -0.3 is 10.4 Å². The monoisotopic (exact) mass is 627 g/mol. The lowest BCUT2D eigenvalue weighted by Gasteiger charge is -2.42. The molecule has 3 atom stereocenters. The van der Waals surface area contributed by atoms with E-state index in [-0.39, 0.29) is 36.0 Å². The molecular weight excluding hydrogens is 597 g/mol. The number of nitrogens with one attached hydrogen (secondary N) is 2. The molecule has 2 heterocycles. The Morgan fingerprint density at radius 2 is 1.74 bits per heavy atom. The first kappa shape index (κ1) is 32.1. The largest absolute Gasteiger partial charge is 0.483 e. The van der Waals surface area contributed by atoms with Crippen LogP contribution in [0.2, 0.25) is 0 Å². The summed E-state index contributed by atoms with van der Waals surface area (Å²) in [5, 5.41) is 9.97. The number of likely N-dealkylation sites (tertiary alicyclic amines) is 1. The molecule has 0 spiro atoms. The minimum atomic E-state index is -4.46. The highest BCUT2D eigenvalue weighted by atomic mass is 32.2. The number of carboxylic acid groups (broad SMARTS) is 1. The Morgan fingerprint density at radius 1 is 1.02 bits per heavy atom. The van der Waals surface area contributed by atoms with E-state index in [2.05, 4.69) is 24.9 Å². The molecule has 43 heavy (non-hydrogen) atoms. The zero-order valence-electron chi connectivity index (χ0n) is 22.8. The third-order valence-corrected chi connectivity index (χ3v) is 8.95. The molecule has 0 bridgehead atoms. The lowest BCUT2D eigenvalue weighted by atomic mass is 9.77. The van der Waals surface area contributed by atoms with Crippen molar-refractivity contribution in [2.75, 3.05) is 23.1 Å². The standard InChI is InChI=1S/C27H28F5N5O2S.CH2O2/c28-20-15-25(40(38,39)36-26-8-9-33-16-34-26)21(29)14-23(20)35-22-7-6-18(13-24(22)37-10-1-2-11-37)17-4-3-5-19(12-17)27(30,31)32;2-1-3/h3-5,8-9,12,14-16,18,22,24,35H,1-2,6-7,10-11,13H2,(H,33,34,36);1H,(H,2,3)/t18-,22-,24-;/m0./s1. The van der Waals surface area contributed by atoms with Gasteiger partial charge in [0, 0.05) is 24.3 Å². The summed E-state index contributed by atoms with van der Waals surface area (Å²) in [6.07, 6.45) is 1.56. The maximum atomic E-state index is 15.2. The summed E-state index contributed by atoms with van der Waals surface area (Å²) >= 11 is 0. The summed E-state index contributed by atoms with van der Waals surface area (Å²) < 4.78 is 97.6. The SMILES string of the molecule is O=CO.O=S(=O)(Nc1ccncn1)c1cc(F)c(N[C@H]2CC[C@H](c3cccc(C(F)(F)F)c3)C[C@@H]2N2CCCC2)cc1F. The zero-order valence-corrected chi connectivity index (χ0v) is 23.6. The number of alkyl halides is 3. The molecule has 1 saturated heterocycles. The number of sulfonamides is 1. The van der Waals surface area contributed by atoms with Crippen LogP contribution in [0.1, 0.15) is 49.1 Å². The van der Waals surface area contributed by atoms with E-state index in [1.807, 2.05) is 0 Å². The highest BCUT2D eigenvalue weighted by molar-refractivity contribution is 7.92. The number of carbonyl (C=O) groups is 1. The van der Waals surface area contributed by atoms with Crippen molar-refractivity contribution >= 4 is 28.0 Å². The molecule has 0 unspecified atom stereocenters. The van der Waals surface area contributed by atoms with Crippen LogP contribution < -0.4 is 10.0 Å². The second-order valence-corrected chi connectivity index (χ2v) is 11.9. The van der Waals surface area contributed by atoms with E-state index in [0.29, 0.717) is 30.9 Å². The first-order chi connectivity index (χ1) is 20.4. The Morgan fingerprint density at radius 3 is 2.40 bits per heavy atom.